The van der Waals surface area contributed by atoms with E-state index in [9.17, 15) is 5.11 Å². The van der Waals surface area contributed by atoms with E-state index < -0.39 is 5.60 Å². The number of rotatable bonds is 5. The molecule has 1 heterocycles. The predicted molar refractivity (Wildman–Crippen MR) is 68.7 cm³/mol. The summed E-state index contributed by atoms with van der Waals surface area (Å²) in [6.07, 6.45) is 2.90. The zero-order chi connectivity index (χ0) is 12.4. The number of aryl methyl sites for hydroxylation is 1. The van der Waals surface area contributed by atoms with Gasteiger partial charge < -0.3 is 10.4 Å². The summed E-state index contributed by atoms with van der Waals surface area (Å²) < 4.78 is 0. The molecule has 0 unspecified atom stereocenters. The number of thiazole rings is 1. The van der Waals surface area contributed by atoms with Crippen molar-refractivity contribution in [1.82, 2.24) is 10.3 Å². The summed E-state index contributed by atoms with van der Waals surface area (Å²) in [6, 6.07) is 0. The van der Waals surface area contributed by atoms with E-state index in [0.29, 0.717) is 0 Å². The Kier molecular flexibility index (Phi) is 4.10. The first kappa shape index (κ1) is 13.6. The van der Waals surface area contributed by atoms with Crippen molar-refractivity contribution in [2.75, 3.05) is 0 Å². The monoisotopic (exact) mass is 242 g/mol. The van der Waals surface area contributed by atoms with Gasteiger partial charge >= 0.3 is 0 Å². The minimum Gasteiger partial charge on any atom is -0.389 e. The van der Waals surface area contributed by atoms with Crippen LogP contribution in [0.15, 0.2) is 6.20 Å². The third-order valence-corrected chi connectivity index (χ3v) is 4.28. The van der Waals surface area contributed by atoms with Crippen LogP contribution in [0.3, 0.4) is 0 Å². The molecule has 0 saturated carbocycles. The zero-order valence-electron chi connectivity index (χ0n) is 10.8. The van der Waals surface area contributed by atoms with Crippen LogP contribution in [-0.4, -0.2) is 21.2 Å². The van der Waals surface area contributed by atoms with E-state index in [4.69, 9.17) is 0 Å². The van der Waals surface area contributed by atoms with Crippen LogP contribution in [0.5, 0.6) is 0 Å². The van der Waals surface area contributed by atoms with Crippen molar-refractivity contribution in [3.63, 3.8) is 0 Å². The molecule has 0 aliphatic carbocycles. The normalized spacial score (nSPS) is 13.1. The molecule has 16 heavy (non-hydrogen) atoms. The van der Waals surface area contributed by atoms with Crippen molar-refractivity contribution in [3.8, 4) is 0 Å². The number of hydrogen-bond donors (Lipinski definition) is 2. The van der Waals surface area contributed by atoms with Crippen LogP contribution in [0.2, 0.25) is 0 Å². The van der Waals surface area contributed by atoms with E-state index in [1.165, 1.54) is 4.88 Å². The van der Waals surface area contributed by atoms with Gasteiger partial charge in [-0.15, -0.1) is 11.3 Å². The predicted octanol–water partition coefficient (Wildman–Crippen LogP) is 2.34. The molecule has 3 nitrogen and oxygen atoms in total. The molecular weight excluding hydrogens is 220 g/mol. The van der Waals surface area contributed by atoms with Crippen LogP contribution in [0, 0.1) is 0 Å². The van der Waals surface area contributed by atoms with Gasteiger partial charge in [0.05, 0.1) is 10.6 Å². The molecule has 0 bridgehead atoms. The third-order valence-electron chi connectivity index (χ3n) is 3.14. The molecular formula is C12H22N2OS. The van der Waals surface area contributed by atoms with Gasteiger partial charge in [0.25, 0.3) is 0 Å². The fourth-order valence-electron chi connectivity index (χ4n) is 1.12. The first-order chi connectivity index (χ1) is 7.26. The Morgan fingerprint density at radius 3 is 2.44 bits per heavy atom. The molecule has 2 N–H and O–H groups in total. The Labute approximate surface area is 102 Å². The van der Waals surface area contributed by atoms with Gasteiger partial charge in [-0.2, -0.15) is 0 Å². The lowest BCUT2D eigenvalue weighted by Crippen LogP contribution is -2.55. The second-order valence-corrected chi connectivity index (χ2v) is 6.31. The van der Waals surface area contributed by atoms with Gasteiger partial charge in [-0.1, -0.05) is 6.92 Å². The van der Waals surface area contributed by atoms with E-state index in [2.05, 4.69) is 17.2 Å². The Morgan fingerprint density at radius 1 is 1.38 bits per heavy atom. The topological polar surface area (TPSA) is 45.2 Å². The van der Waals surface area contributed by atoms with Gasteiger partial charge in [-0.05, 0) is 34.1 Å². The first-order valence-corrected chi connectivity index (χ1v) is 6.49. The molecule has 4 heteroatoms. The molecule has 1 rings (SSSR count). The molecule has 92 valence electrons. The van der Waals surface area contributed by atoms with E-state index >= 15 is 0 Å². The molecule has 0 saturated heterocycles. The molecule has 0 radical (unpaired) electrons. The third kappa shape index (κ3) is 3.27. The Bertz CT molecular complexity index is 339. The highest BCUT2D eigenvalue weighted by Crippen LogP contribution is 2.22. The highest BCUT2D eigenvalue weighted by Gasteiger charge is 2.34. The lowest BCUT2D eigenvalue weighted by molar-refractivity contribution is -0.00520. The molecule has 0 fully saturated rings. The van der Waals surface area contributed by atoms with Crippen LogP contribution in [-0.2, 0) is 13.0 Å². The van der Waals surface area contributed by atoms with Gasteiger partial charge in [-0.25, -0.2) is 4.98 Å². The molecule has 0 atom stereocenters. The van der Waals surface area contributed by atoms with Crippen molar-refractivity contribution < 1.29 is 5.11 Å². The maximum atomic E-state index is 10.0. The lowest BCUT2D eigenvalue weighted by Gasteiger charge is -2.38. The van der Waals surface area contributed by atoms with Crippen LogP contribution in [0.25, 0.3) is 0 Å². The summed E-state index contributed by atoms with van der Waals surface area (Å²) >= 11 is 1.73. The number of hydrogen-bond acceptors (Lipinski definition) is 4. The molecule has 0 spiro atoms. The molecule has 0 aromatic carbocycles. The molecule has 0 aliphatic heterocycles. The first-order valence-electron chi connectivity index (χ1n) is 5.67. The Hall–Kier alpha value is -0.450. The van der Waals surface area contributed by atoms with Gasteiger partial charge in [-0.3, -0.25) is 0 Å². The minimum atomic E-state index is -0.745. The fraction of sp³-hybridized carbons (Fsp3) is 0.750. The number of nitrogens with zero attached hydrogens (tertiary/aromatic N) is 1. The van der Waals surface area contributed by atoms with Crippen molar-refractivity contribution in [3.05, 3.63) is 16.1 Å². The van der Waals surface area contributed by atoms with Gasteiger partial charge in [0, 0.05) is 23.2 Å². The number of aromatic nitrogens is 1. The number of nitrogens with one attached hydrogen (secondary N) is 1. The zero-order valence-corrected chi connectivity index (χ0v) is 11.6. The number of aliphatic hydroxyl groups is 1. The van der Waals surface area contributed by atoms with Gasteiger partial charge in [0.15, 0.2) is 0 Å². The van der Waals surface area contributed by atoms with Gasteiger partial charge in [0.2, 0.25) is 0 Å². The van der Waals surface area contributed by atoms with Crippen molar-refractivity contribution in [1.29, 1.82) is 0 Å². The average Bonchev–Trinajstić information content (AvgIpc) is 2.60. The van der Waals surface area contributed by atoms with E-state index in [0.717, 1.165) is 18.0 Å². The van der Waals surface area contributed by atoms with E-state index in [1.54, 1.807) is 11.3 Å². The summed E-state index contributed by atoms with van der Waals surface area (Å²) in [6.45, 7) is 10.5. The SMILES string of the molecule is CCc1ncc(CNC(C)(C)C(C)(C)O)s1. The molecule has 0 amide bonds. The summed E-state index contributed by atoms with van der Waals surface area (Å²) in [4.78, 5) is 5.53. The van der Waals surface area contributed by atoms with Crippen LogP contribution < -0.4 is 5.32 Å². The van der Waals surface area contributed by atoms with E-state index in [1.807, 2.05) is 33.9 Å². The molecule has 1 aromatic heterocycles. The lowest BCUT2D eigenvalue weighted by atomic mass is 9.86. The maximum absolute atomic E-state index is 10.0. The second kappa shape index (κ2) is 4.82. The highest BCUT2D eigenvalue weighted by molar-refractivity contribution is 7.11. The van der Waals surface area contributed by atoms with Crippen LogP contribution in [0.1, 0.15) is 44.5 Å². The standard InChI is InChI=1S/C12H22N2OS/c1-6-10-13-7-9(16-10)8-14-11(2,3)12(4,5)15/h7,14-15H,6,8H2,1-5H3. The van der Waals surface area contributed by atoms with Gasteiger partial charge in [0.1, 0.15) is 0 Å². The Balaban J connectivity index is 2.57. The second-order valence-electron chi connectivity index (χ2n) is 5.11. The molecule has 0 aliphatic rings. The summed E-state index contributed by atoms with van der Waals surface area (Å²) in [7, 11) is 0. The quantitative estimate of drug-likeness (QED) is 0.833. The largest absolute Gasteiger partial charge is 0.389 e. The van der Waals surface area contributed by atoms with Crippen molar-refractivity contribution in [2.24, 2.45) is 0 Å². The Morgan fingerprint density at radius 2 is 2.00 bits per heavy atom. The van der Waals surface area contributed by atoms with Crippen molar-refractivity contribution >= 4 is 11.3 Å². The smallest absolute Gasteiger partial charge is 0.0925 e. The summed E-state index contributed by atoms with van der Waals surface area (Å²) in [5.74, 6) is 0. The highest BCUT2D eigenvalue weighted by atomic mass is 32.1. The van der Waals surface area contributed by atoms with E-state index in [-0.39, 0.29) is 5.54 Å². The minimum absolute atomic E-state index is 0.316. The van der Waals surface area contributed by atoms with Crippen molar-refractivity contribution in [2.45, 2.75) is 58.7 Å². The fourth-order valence-corrected chi connectivity index (χ4v) is 1.92. The average molecular weight is 242 g/mol. The van der Waals surface area contributed by atoms with Crippen LogP contribution >= 0.6 is 11.3 Å². The summed E-state index contributed by atoms with van der Waals surface area (Å²) in [5, 5.41) is 14.5. The summed E-state index contributed by atoms with van der Waals surface area (Å²) in [5.41, 5.74) is -1.06. The molecule has 1 aromatic rings. The maximum Gasteiger partial charge on any atom is 0.0925 e. The van der Waals surface area contributed by atoms with Crippen LogP contribution in [0.4, 0.5) is 0 Å².